The number of carbonyl (C=O) groups excluding carboxylic acids is 2. The molecular weight excluding hydrogens is 190 g/mol. The van der Waals surface area contributed by atoms with E-state index in [9.17, 15) is 9.59 Å². The summed E-state index contributed by atoms with van der Waals surface area (Å²) in [7, 11) is 0. The summed E-state index contributed by atoms with van der Waals surface area (Å²) in [6.07, 6.45) is 1.56. The monoisotopic (exact) mass is 196 g/mol. The molecule has 1 N–H and O–H groups in total. The molecule has 1 amide bonds. The van der Waals surface area contributed by atoms with Gasteiger partial charge >= 0.3 is 0 Å². The number of rotatable bonds is 3. The molecule has 0 aliphatic rings. The highest BCUT2D eigenvalue weighted by molar-refractivity contribution is 6.33. The highest BCUT2D eigenvalue weighted by Crippen LogP contribution is 2.13. The Labute approximate surface area is 80.7 Å². The van der Waals surface area contributed by atoms with E-state index in [-0.39, 0.29) is 12.5 Å². The Morgan fingerprint density at radius 3 is 2.77 bits per heavy atom. The Balaban J connectivity index is 2.76. The summed E-state index contributed by atoms with van der Waals surface area (Å²) in [5, 5.41) is 2.71. The first-order valence-electron chi connectivity index (χ1n) is 3.63. The largest absolute Gasteiger partial charge is 0.344 e. The summed E-state index contributed by atoms with van der Waals surface area (Å²) in [6, 6.07) is 6.62. The van der Waals surface area contributed by atoms with Crippen molar-refractivity contribution >= 4 is 23.8 Å². The van der Waals surface area contributed by atoms with Crippen molar-refractivity contribution in [3.63, 3.8) is 0 Å². The van der Waals surface area contributed by atoms with Crippen molar-refractivity contribution < 1.29 is 9.59 Å². The number of benzene rings is 1. The lowest BCUT2D eigenvalue weighted by Crippen LogP contribution is -2.25. The molecular formula is C9H7ClNO2. The van der Waals surface area contributed by atoms with Crippen molar-refractivity contribution in [3.05, 3.63) is 34.9 Å². The van der Waals surface area contributed by atoms with Crippen molar-refractivity contribution in [2.24, 2.45) is 0 Å². The van der Waals surface area contributed by atoms with Crippen LogP contribution in [0.3, 0.4) is 0 Å². The van der Waals surface area contributed by atoms with Gasteiger partial charge in [0.1, 0.15) is 0 Å². The minimum atomic E-state index is -0.367. The van der Waals surface area contributed by atoms with E-state index in [1.54, 1.807) is 30.6 Å². The van der Waals surface area contributed by atoms with E-state index in [2.05, 4.69) is 5.32 Å². The third kappa shape index (κ3) is 2.56. The summed E-state index contributed by atoms with van der Waals surface area (Å²) in [4.78, 5) is 21.1. The van der Waals surface area contributed by atoms with E-state index in [0.717, 1.165) is 0 Å². The Bertz CT molecular complexity index is 325. The highest BCUT2D eigenvalue weighted by Gasteiger charge is 2.07. The van der Waals surface area contributed by atoms with Crippen LogP contribution in [0.4, 0.5) is 0 Å². The average molecular weight is 197 g/mol. The van der Waals surface area contributed by atoms with Gasteiger partial charge in [0.15, 0.2) is 0 Å². The van der Waals surface area contributed by atoms with Gasteiger partial charge in [0.25, 0.3) is 5.91 Å². The molecule has 0 aromatic heterocycles. The molecule has 0 unspecified atom stereocenters. The number of hydrogen-bond donors (Lipinski definition) is 1. The van der Waals surface area contributed by atoms with Crippen molar-refractivity contribution in [1.29, 1.82) is 0 Å². The molecule has 67 valence electrons. The third-order valence-electron chi connectivity index (χ3n) is 1.44. The summed E-state index contributed by atoms with van der Waals surface area (Å²) >= 11 is 5.74. The lowest BCUT2D eigenvalue weighted by Gasteiger charge is -2.02. The lowest BCUT2D eigenvalue weighted by molar-refractivity contribution is 0.0959. The Morgan fingerprint density at radius 2 is 2.15 bits per heavy atom. The SMILES string of the molecule is O=[C]CNC(=O)c1ccccc1Cl. The fourth-order valence-electron chi connectivity index (χ4n) is 0.857. The number of carbonyl (C=O) groups is 1. The molecule has 0 aliphatic carbocycles. The van der Waals surface area contributed by atoms with E-state index >= 15 is 0 Å². The molecule has 1 rings (SSSR count). The normalized spacial score (nSPS) is 9.31. The Hall–Kier alpha value is -1.35. The summed E-state index contributed by atoms with van der Waals surface area (Å²) in [5.74, 6) is -0.367. The average Bonchev–Trinajstić information content (AvgIpc) is 2.15. The molecule has 0 bridgehead atoms. The molecule has 3 nitrogen and oxygen atoms in total. The van der Waals surface area contributed by atoms with Gasteiger partial charge in [-0.25, -0.2) is 0 Å². The second kappa shape index (κ2) is 4.62. The topological polar surface area (TPSA) is 46.2 Å². The van der Waals surface area contributed by atoms with Gasteiger partial charge in [-0.15, -0.1) is 0 Å². The first-order valence-corrected chi connectivity index (χ1v) is 4.01. The first-order chi connectivity index (χ1) is 6.25. The molecule has 1 aromatic rings. The van der Waals surface area contributed by atoms with Crippen LogP contribution in [0, 0.1) is 0 Å². The van der Waals surface area contributed by atoms with Gasteiger partial charge in [0.05, 0.1) is 17.1 Å². The maximum absolute atomic E-state index is 11.2. The number of hydrogen-bond acceptors (Lipinski definition) is 2. The molecule has 1 radical (unpaired) electrons. The van der Waals surface area contributed by atoms with Crippen molar-refractivity contribution in [1.82, 2.24) is 5.32 Å². The lowest BCUT2D eigenvalue weighted by atomic mass is 10.2. The predicted octanol–water partition coefficient (Wildman–Crippen LogP) is 1.18. The van der Waals surface area contributed by atoms with Gasteiger partial charge in [-0.1, -0.05) is 23.7 Å². The van der Waals surface area contributed by atoms with E-state index < -0.39 is 0 Å². The number of nitrogens with one attached hydrogen (secondary N) is 1. The molecule has 4 heteroatoms. The van der Waals surface area contributed by atoms with Crippen molar-refractivity contribution in [3.8, 4) is 0 Å². The first kappa shape index (κ1) is 9.74. The smallest absolute Gasteiger partial charge is 0.253 e. The molecule has 0 saturated heterocycles. The molecule has 0 heterocycles. The van der Waals surface area contributed by atoms with Gasteiger partial charge in [-0.3, -0.25) is 9.59 Å². The van der Waals surface area contributed by atoms with Crippen LogP contribution >= 0.6 is 11.6 Å². The maximum Gasteiger partial charge on any atom is 0.253 e. The minimum absolute atomic E-state index is 0.121. The molecule has 13 heavy (non-hydrogen) atoms. The van der Waals surface area contributed by atoms with Gasteiger partial charge < -0.3 is 5.32 Å². The van der Waals surface area contributed by atoms with Gasteiger partial charge in [-0.05, 0) is 12.1 Å². The molecule has 1 aromatic carbocycles. The number of amides is 1. The molecule has 0 fully saturated rings. The van der Waals surface area contributed by atoms with Gasteiger partial charge in [-0.2, -0.15) is 0 Å². The summed E-state index contributed by atoms with van der Waals surface area (Å²) in [6.45, 7) is -0.121. The molecule has 0 saturated carbocycles. The van der Waals surface area contributed by atoms with Crippen LogP contribution in [-0.2, 0) is 4.79 Å². The molecule has 0 spiro atoms. The van der Waals surface area contributed by atoms with Crippen molar-refractivity contribution in [2.75, 3.05) is 6.54 Å². The van der Waals surface area contributed by atoms with E-state index in [1.165, 1.54) is 0 Å². The van der Waals surface area contributed by atoms with Crippen LogP contribution < -0.4 is 5.32 Å². The zero-order valence-electron chi connectivity index (χ0n) is 6.71. The van der Waals surface area contributed by atoms with E-state index in [0.29, 0.717) is 10.6 Å². The van der Waals surface area contributed by atoms with E-state index in [1.807, 2.05) is 0 Å². The molecule has 0 atom stereocenters. The fraction of sp³-hybridized carbons (Fsp3) is 0.111. The molecule has 0 aliphatic heterocycles. The number of halogens is 1. The van der Waals surface area contributed by atoms with Crippen LogP contribution in [0.5, 0.6) is 0 Å². The second-order valence-corrected chi connectivity index (χ2v) is 2.71. The fourth-order valence-corrected chi connectivity index (χ4v) is 1.08. The maximum atomic E-state index is 11.2. The standard InChI is InChI=1S/C9H7ClNO2/c10-8-4-2-1-3-7(8)9(13)11-5-6-12/h1-4H,5H2,(H,11,13). The van der Waals surface area contributed by atoms with Crippen LogP contribution in [0.25, 0.3) is 0 Å². The van der Waals surface area contributed by atoms with Crippen LogP contribution in [0.15, 0.2) is 24.3 Å². The Morgan fingerprint density at radius 1 is 1.46 bits per heavy atom. The van der Waals surface area contributed by atoms with E-state index in [4.69, 9.17) is 11.6 Å². The quantitative estimate of drug-likeness (QED) is 0.789. The van der Waals surface area contributed by atoms with Crippen LogP contribution in [0.2, 0.25) is 5.02 Å². The van der Waals surface area contributed by atoms with Gasteiger partial charge in [0, 0.05) is 0 Å². The zero-order valence-corrected chi connectivity index (χ0v) is 7.47. The zero-order chi connectivity index (χ0) is 9.68. The summed E-state index contributed by atoms with van der Waals surface area (Å²) < 4.78 is 0. The van der Waals surface area contributed by atoms with Crippen LogP contribution in [-0.4, -0.2) is 18.7 Å². The predicted molar refractivity (Wildman–Crippen MR) is 49.5 cm³/mol. The van der Waals surface area contributed by atoms with Crippen molar-refractivity contribution in [2.45, 2.75) is 0 Å². The Kier molecular flexibility index (Phi) is 3.46. The van der Waals surface area contributed by atoms with Crippen LogP contribution in [0.1, 0.15) is 10.4 Å². The third-order valence-corrected chi connectivity index (χ3v) is 1.77. The minimum Gasteiger partial charge on any atom is -0.344 e. The summed E-state index contributed by atoms with van der Waals surface area (Å²) in [5.41, 5.74) is 0.361. The van der Waals surface area contributed by atoms with Gasteiger partial charge in [0.2, 0.25) is 6.29 Å². The highest BCUT2D eigenvalue weighted by atomic mass is 35.5. The second-order valence-electron chi connectivity index (χ2n) is 2.31.